The topological polar surface area (TPSA) is 63.1 Å². The maximum Gasteiger partial charge on any atom is 0.238 e. The van der Waals surface area contributed by atoms with Crippen LogP contribution in [0.15, 0.2) is 36.9 Å². The van der Waals surface area contributed by atoms with Gasteiger partial charge in [-0.15, -0.1) is 0 Å². The first-order valence-electron chi connectivity index (χ1n) is 8.20. The van der Waals surface area contributed by atoms with Crippen LogP contribution in [0.1, 0.15) is 31.4 Å². The first-order chi connectivity index (χ1) is 11.2. The van der Waals surface area contributed by atoms with Gasteiger partial charge in [-0.25, -0.2) is 9.67 Å². The van der Waals surface area contributed by atoms with Gasteiger partial charge in [-0.2, -0.15) is 5.10 Å². The molecule has 122 valence electrons. The van der Waals surface area contributed by atoms with Gasteiger partial charge in [0.1, 0.15) is 12.7 Å². The van der Waals surface area contributed by atoms with Crippen LogP contribution in [-0.4, -0.2) is 45.2 Å². The van der Waals surface area contributed by atoms with Crippen LogP contribution in [-0.2, 0) is 11.2 Å². The summed E-state index contributed by atoms with van der Waals surface area (Å²) in [6.07, 6.45) is 6.44. The Balaban J connectivity index is 1.54. The minimum absolute atomic E-state index is 0.0393. The number of benzene rings is 1. The van der Waals surface area contributed by atoms with E-state index in [1.165, 1.54) is 5.56 Å². The van der Waals surface area contributed by atoms with Gasteiger partial charge in [0.2, 0.25) is 5.91 Å². The third kappa shape index (κ3) is 4.16. The molecule has 0 unspecified atom stereocenters. The molecule has 2 heterocycles. The van der Waals surface area contributed by atoms with Gasteiger partial charge in [-0.05, 0) is 43.5 Å². The van der Waals surface area contributed by atoms with E-state index >= 15 is 0 Å². The Morgan fingerprint density at radius 1 is 1.43 bits per heavy atom. The second-order valence-electron chi connectivity index (χ2n) is 6.01. The Hall–Kier alpha value is -2.21. The third-order valence-corrected chi connectivity index (χ3v) is 4.28. The number of carbonyl (C=O) groups is 1. The lowest BCUT2D eigenvalue weighted by Gasteiger charge is -2.31. The quantitative estimate of drug-likeness (QED) is 0.918. The van der Waals surface area contributed by atoms with E-state index in [2.05, 4.69) is 33.3 Å². The van der Waals surface area contributed by atoms with Crippen molar-refractivity contribution in [3.05, 3.63) is 42.5 Å². The molecule has 0 bridgehead atoms. The Kier molecular flexibility index (Phi) is 5.02. The summed E-state index contributed by atoms with van der Waals surface area (Å²) >= 11 is 0. The van der Waals surface area contributed by atoms with Gasteiger partial charge in [0.05, 0.1) is 12.6 Å². The molecule has 1 atom stereocenters. The molecule has 0 aliphatic carbocycles. The highest BCUT2D eigenvalue weighted by molar-refractivity contribution is 5.92. The Bertz CT molecular complexity index is 640. The molecule has 1 N–H and O–H groups in total. The zero-order chi connectivity index (χ0) is 16.1. The fourth-order valence-corrected chi connectivity index (χ4v) is 3.07. The van der Waals surface area contributed by atoms with Gasteiger partial charge < -0.3 is 5.32 Å². The van der Waals surface area contributed by atoms with Crippen molar-refractivity contribution in [1.82, 2.24) is 19.7 Å². The Labute approximate surface area is 136 Å². The van der Waals surface area contributed by atoms with Crippen LogP contribution in [0.25, 0.3) is 0 Å². The molecule has 2 aromatic rings. The largest absolute Gasteiger partial charge is 0.325 e. The van der Waals surface area contributed by atoms with Gasteiger partial charge in [0, 0.05) is 12.2 Å². The summed E-state index contributed by atoms with van der Waals surface area (Å²) in [6, 6.07) is 8.33. The maximum atomic E-state index is 12.3. The average molecular weight is 313 g/mol. The molecule has 1 saturated heterocycles. The van der Waals surface area contributed by atoms with E-state index in [1.807, 2.05) is 22.9 Å². The molecule has 0 spiro atoms. The SMILES string of the molecule is CCc1cccc(NC(=O)CN2CCC[C@H](n3cncn3)C2)c1. The molecule has 1 fully saturated rings. The number of amides is 1. The molecule has 3 rings (SSSR count). The molecule has 1 aliphatic heterocycles. The lowest BCUT2D eigenvalue weighted by molar-refractivity contribution is -0.117. The number of carbonyl (C=O) groups excluding carboxylic acids is 1. The van der Waals surface area contributed by atoms with Gasteiger partial charge in [-0.1, -0.05) is 19.1 Å². The van der Waals surface area contributed by atoms with E-state index in [4.69, 9.17) is 0 Å². The van der Waals surface area contributed by atoms with Crippen molar-refractivity contribution in [2.75, 3.05) is 25.0 Å². The number of aromatic nitrogens is 3. The van der Waals surface area contributed by atoms with E-state index in [0.717, 1.165) is 38.0 Å². The lowest BCUT2D eigenvalue weighted by atomic mass is 10.1. The normalized spacial score (nSPS) is 18.7. The van der Waals surface area contributed by atoms with Gasteiger partial charge >= 0.3 is 0 Å². The molecular weight excluding hydrogens is 290 g/mol. The molecule has 1 aromatic carbocycles. The van der Waals surface area contributed by atoms with Crippen molar-refractivity contribution >= 4 is 11.6 Å². The summed E-state index contributed by atoms with van der Waals surface area (Å²) < 4.78 is 1.90. The highest BCUT2D eigenvalue weighted by Gasteiger charge is 2.23. The Morgan fingerprint density at radius 2 is 2.35 bits per heavy atom. The zero-order valence-corrected chi connectivity index (χ0v) is 13.5. The number of hydrogen-bond donors (Lipinski definition) is 1. The number of rotatable bonds is 5. The number of aryl methyl sites for hydroxylation is 1. The summed E-state index contributed by atoms with van der Waals surface area (Å²) in [7, 11) is 0. The molecule has 1 aromatic heterocycles. The fraction of sp³-hybridized carbons (Fsp3) is 0.471. The van der Waals surface area contributed by atoms with E-state index in [0.29, 0.717) is 12.6 Å². The number of nitrogens with zero attached hydrogens (tertiary/aromatic N) is 4. The number of nitrogens with one attached hydrogen (secondary N) is 1. The number of hydrogen-bond acceptors (Lipinski definition) is 4. The minimum atomic E-state index is 0.0393. The monoisotopic (exact) mass is 313 g/mol. The summed E-state index contributed by atoms with van der Waals surface area (Å²) in [4.78, 5) is 18.5. The molecule has 0 radical (unpaired) electrons. The third-order valence-electron chi connectivity index (χ3n) is 4.28. The summed E-state index contributed by atoms with van der Waals surface area (Å²) in [5, 5.41) is 7.22. The van der Waals surface area contributed by atoms with Crippen LogP contribution in [0.3, 0.4) is 0 Å². The van der Waals surface area contributed by atoms with Crippen molar-refractivity contribution in [3.8, 4) is 0 Å². The van der Waals surface area contributed by atoms with Crippen molar-refractivity contribution < 1.29 is 4.79 Å². The van der Waals surface area contributed by atoms with E-state index in [-0.39, 0.29) is 5.91 Å². The van der Waals surface area contributed by atoms with Crippen LogP contribution in [0.5, 0.6) is 0 Å². The van der Waals surface area contributed by atoms with Crippen molar-refractivity contribution in [2.24, 2.45) is 0 Å². The second kappa shape index (κ2) is 7.37. The molecule has 0 saturated carbocycles. The van der Waals surface area contributed by atoms with Crippen LogP contribution >= 0.6 is 0 Å². The predicted octanol–water partition coefficient (Wildman–Crippen LogP) is 2.12. The lowest BCUT2D eigenvalue weighted by Crippen LogP contribution is -2.41. The molecule has 6 heteroatoms. The zero-order valence-electron chi connectivity index (χ0n) is 13.5. The van der Waals surface area contributed by atoms with Crippen molar-refractivity contribution in [2.45, 2.75) is 32.2 Å². The van der Waals surface area contributed by atoms with Crippen molar-refractivity contribution in [3.63, 3.8) is 0 Å². The van der Waals surface area contributed by atoms with Gasteiger partial charge in [0.25, 0.3) is 0 Å². The number of likely N-dealkylation sites (tertiary alicyclic amines) is 1. The van der Waals surface area contributed by atoms with Crippen LogP contribution in [0.2, 0.25) is 0 Å². The molecule has 23 heavy (non-hydrogen) atoms. The van der Waals surface area contributed by atoms with Crippen LogP contribution < -0.4 is 5.32 Å². The molecule has 1 aliphatic rings. The average Bonchev–Trinajstić information content (AvgIpc) is 3.09. The Morgan fingerprint density at radius 3 is 3.13 bits per heavy atom. The van der Waals surface area contributed by atoms with Crippen molar-refractivity contribution in [1.29, 1.82) is 0 Å². The van der Waals surface area contributed by atoms with E-state index in [1.54, 1.807) is 12.7 Å². The minimum Gasteiger partial charge on any atom is -0.325 e. The maximum absolute atomic E-state index is 12.3. The highest BCUT2D eigenvalue weighted by Crippen LogP contribution is 2.20. The smallest absolute Gasteiger partial charge is 0.238 e. The number of piperidine rings is 1. The van der Waals surface area contributed by atoms with Gasteiger partial charge in [0.15, 0.2) is 0 Å². The highest BCUT2D eigenvalue weighted by atomic mass is 16.2. The molecule has 6 nitrogen and oxygen atoms in total. The van der Waals surface area contributed by atoms with Crippen LogP contribution in [0, 0.1) is 0 Å². The second-order valence-corrected chi connectivity index (χ2v) is 6.01. The molecular formula is C17H23N5O. The molecule has 1 amide bonds. The first kappa shape index (κ1) is 15.7. The fourth-order valence-electron chi connectivity index (χ4n) is 3.07. The number of anilines is 1. The van der Waals surface area contributed by atoms with Crippen LogP contribution in [0.4, 0.5) is 5.69 Å². The summed E-state index contributed by atoms with van der Waals surface area (Å²) in [5.74, 6) is 0.0393. The first-order valence-corrected chi connectivity index (χ1v) is 8.20. The van der Waals surface area contributed by atoms with E-state index < -0.39 is 0 Å². The predicted molar refractivity (Wildman–Crippen MR) is 89.2 cm³/mol. The van der Waals surface area contributed by atoms with Gasteiger partial charge in [-0.3, -0.25) is 9.69 Å². The standard InChI is InChI=1S/C17H23N5O/c1-2-14-5-3-6-15(9-14)20-17(23)11-21-8-4-7-16(10-21)22-13-18-12-19-22/h3,5-6,9,12-13,16H,2,4,7-8,10-11H2,1H3,(H,20,23)/t16-/m0/s1. The summed E-state index contributed by atoms with van der Waals surface area (Å²) in [5.41, 5.74) is 2.10. The van der Waals surface area contributed by atoms with E-state index in [9.17, 15) is 4.79 Å². The summed E-state index contributed by atoms with van der Waals surface area (Å²) in [6.45, 7) is 4.32.